The summed E-state index contributed by atoms with van der Waals surface area (Å²) >= 11 is 12.6. The van der Waals surface area contributed by atoms with Crippen molar-refractivity contribution in [2.24, 2.45) is 0 Å². The predicted octanol–water partition coefficient (Wildman–Crippen LogP) is 5.39. The van der Waals surface area contributed by atoms with E-state index < -0.39 is 0 Å². The Morgan fingerprint density at radius 3 is 2.89 bits per heavy atom. The molecule has 0 bridgehead atoms. The minimum absolute atomic E-state index is 0.762. The number of rotatable bonds is 3. The van der Waals surface area contributed by atoms with Crippen molar-refractivity contribution in [1.82, 2.24) is 4.98 Å². The number of halogens is 2. The molecule has 0 atom stereocenters. The Kier molecular flexibility index (Phi) is 3.56. The summed E-state index contributed by atoms with van der Waals surface area (Å²) in [7, 11) is 0. The molecule has 0 aliphatic heterocycles. The van der Waals surface area contributed by atoms with Gasteiger partial charge in [0.15, 0.2) is 5.13 Å². The predicted molar refractivity (Wildman–Crippen MR) is 84.0 cm³/mol. The average molecular weight is 360 g/mol. The first-order chi connectivity index (χ1) is 8.70. The quantitative estimate of drug-likeness (QED) is 0.678. The number of thiophene rings is 1. The van der Waals surface area contributed by atoms with Crippen LogP contribution in [-0.4, -0.2) is 4.98 Å². The molecule has 3 rings (SSSR count). The van der Waals surface area contributed by atoms with E-state index in [1.165, 1.54) is 9.58 Å². The van der Waals surface area contributed by atoms with Gasteiger partial charge in [0, 0.05) is 9.35 Å². The molecule has 18 heavy (non-hydrogen) atoms. The van der Waals surface area contributed by atoms with E-state index in [0.717, 1.165) is 26.0 Å². The molecule has 0 fully saturated rings. The summed E-state index contributed by atoms with van der Waals surface area (Å²) in [4.78, 5) is 5.75. The Labute approximate surface area is 126 Å². The lowest BCUT2D eigenvalue weighted by Gasteiger charge is -1.98. The van der Waals surface area contributed by atoms with Gasteiger partial charge < -0.3 is 5.32 Å². The molecule has 2 aromatic heterocycles. The monoisotopic (exact) mass is 358 g/mol. The van der Waals surface area contributed by atoms with Crippen LogP contribution in [0.1, 0.15) is 4.88 Å². The lowest BCUT2D eigenvalue weighted by atomic mass is 10.3. The van der Waals surface area contributed by atoms with Crippen LogP contribution < -0.4 is 5.32 Å². The van der Waals surface area contributed by atoms with Crippen LogP contribution in [0.15, 0.2) is 34.8 Å². The summed E-state index contributed by atoms with van der Waals surface area (Å²) in [5.74, 6) is 0. The van der Waals surface area contributed by atoms with Crippen molar-refractivity contribution in [3.63, 3.8) is 0 Å². The van der Waals surface area contributed by atoms with Crippen LogP contribution in [-0.2, 0) is 6.54 Å². The molecular weight excluding hydrogens is 352 g/mol. The molecule has 2 heterocycles. The van der Waals surface area contributed by atoms with E-state index in [-0.39, 0.29) is 0 Å². The van der Waals surface area contributed by atoms with Gasteiger partial charge in [-0.15, -0.1) is 11.3 Å². The molecule has 6 heteroatoms. The van der Waals surface area contributed by atoms with E-state index in [4.69, 9.17) is 11.6 Å². The van der Waals surface area contributed by atoms with Gasteiger partial charge in [-0.1, -0.05) is 38.9 Å². The Morgan fingerprint density at radius 1 is 1.22 bits per heavy atom. The minimum Gasteiger partial charge on any atom is -0.357 e. The molecule has 0 saturated heterocycles. The maximum Gasteiger partial charge on any atom is 0.184 e. The third-order valence-electron chi connectivity index (χ3n) is 2.39. The topological polar surface area (TPSA) is 24.9 Å². The van der Waals surface area contributed by atoms with Gasteiger partial charge in [-0.05, 0) is 30.3 Å². The van der Waals surface area contributed by atoms with Crippen LogP contribution in [0.4, 0.5) is 5.13 Å². The van der Waals surface area contributed by atoms with E-state index >= 15 is 0 Å². The van der Waals surface area contributed by atoms with E-state index in [1.807, 2.05) is 24.3 Å². The van der Waals surface area contributed by atoms with Crippen molar-refractivity contribution < 1.29 is 0 Å². The normalized spacial score (nSPS) is 11.0. The fraction of sp³-hybridized carbons (Fsp3) is 0.0833. The minimum atomic E-state index is 0.762. The number of nitrogens with one attached hydrogen (secondary N) is 1. The number of anilines is 1. The van der Waals surface area contributed by atoms with Crippen molar-refractivity contribution in [2.75, 3.05) is 5.32 Å². The highest BCUT2D eigenvalue weighted by Gasteiger charge is 2.04. The number of thiazole rings is 1. The van der Waals surface area contributed by atoms with Crippen LogP contribution in [0.2, 0.25) is 4.34 Å². The number of hydrogen-bond donors (Lipinski definition) is 1. The molecule has 0 aliphatic rings. The third kappa shape index (κ3) is 2.69. The average Bonchev–Trinajstić information content (AvgIpc) is 2.92. The standard InChI is InChI=1S/C12H8BrClN2S2/c13-7-1-3-10-9(5-7)16-12(18-10)15-6-8-2-4-11(14)17-8/h1-5H,6H2,(H,15,16). The molecule has 3 aromatic rings. The first-order valence-corrected chi connectivity index (χ1v) is 8.05. The van der Waals surface area contributed by atoms with Gasteiger partial charge in [-0.2, -0.15) is 0 Å². The summed E-state index contributed by atoms with van der Waals surface area (Å²) in [6.45, 7) is 0.762. The van der Waals surface area contributed by atoms with Crippen molar-refractivity contribution in [1.29, 1.82) is 0 Å². The Bertz CT molecular complexity index is 692. The molecule has 0 aliphatic carbocycles. The van der Waals surface area contributed by atoms with E-state index in [0.29, 0.717) is 0 Å². The summed E-state index contributed by atoms with van der Waals surface area (Å²) in [5, 5.41) is 4.26. The highest BCUT2D eigenvalue weighted by Crippen LogP contribution is 2.29. The largest absolute Gasteiger partial charge is 0.357 e. The molecule has 0 radical (unpaired) electrons. The first-order valence-electron chi connectivity index (χ1n) is 5.25. The van der Waals surface area contributed by atoms with Crippen LogP contribution >= 0.6 is 50.2 Å². The maximum absolute atomic E-state index is 5.90. The van der Waals surface area contributed by atoms with E-state index in [2.05, 4.69) is 32.3 Å². The fourth-order valence-corrected chi connectivity index (χ4v) is 3.80. The number of benzene rings is 1. The number of aromatic nitrogens is 1. The van der Waals surface area contributed by atoms with Gasteiger partial charge in [-0.3, -0.25) is 0 Å². The van der Waals surface area contributed by atoms with Gasteiger partial charge in [0.2, 0.25) is 0 Å². The van der Waals surface area contributed by atoms with Crippen molar-refractivity contribution in [3.05, 3.63) is 44.0 Å². The van der Waals surface area contributed by atoms with E-state index in [1.54, 1.807) is 22.7 Å². The molecule has 0 amide bonds. The Hall–Kier alpha value is -0.620. The molecule has 1 N–H and O–H groups in total. The summed E-state index contributed by atoms with van der Waals surface area (Å²) in [5.41, 5.74) is 1.01. The lowest BCUT2D eigenvalue weighted by Crippen LogP contribution is -1.95. The highest BCUT2D eigenvalue weighted by molar-refractivity contribution is 9.10. The molecule has 2 nitrogen and oxygen atoms in total. The van der Waals surface area contributed by atoms with Crippen LogP contribution in [0.3, 0.4) is 0 Å². The SMILES string of the molecule is Clc1ccc(CNc2nc3cc(Br)ccc3s2)s1. The number of nitrogens with zero attached hydrogens (tertiary/aromatic N) is 1. The van der Waals surface area contributed by atoms with Crippen molar-refractivity contribution >= 4 is 65.6 Å². The zero-order valence-electron chi connectivity index (χ0n) is 9.11. The fourth-order valence-electron chi connectivity index (χ4n) is 1.59. The smallest absolute Gasteiger partial charge is 0.184 e. The van der Waals surface area contributed by atoms with Crippen LogP contribution in [0, 0.1) is 0 Å². The Balaban J connectivity index is 1.78. The van der Waals surface area contributed by atoms with Crippen molar-refractivity contribution in [2.45, 2.75) is 6.54 Å². The van der Waals surface area contributed by atoms with Gasteiger partial charge >= 0.3 is 0 Å². The maximum atomic E-state index is 5.90. The van der Waals surface area contributed by atoms with Gasteiger partial charge in [0.25, 0.3) is 0 Å². The zero-order valence-corrected chi connectivity index (χ0v) is 13.1. The summed E-state index contributed by atoms with van der Waals surface area (Å²) in [6, 6.07) is 10.1. The van der Waals surface area contributed by atoms with Gasteiger partial charge in [0.05, 0.1) is 21.1 Å². The second-order valence-corrected chi connectivity index (χ2v) is 7.44. The number of hydrogen-bond acceptors (Lipinski definition) is 4. The lowest BCUT2D eigenvalue weighted by molar-refractivity contribution is 1.18. The van der Waals surface area contributed by atoms with Crippen LogP contribution in [0.5, 0.6) is 0 Å². The summed E-state index contributed by atoms with van der Waals surface area (Å²) < 4.78 is 3.06. The number of fused-ring (bicyclic) bond motifs is 1. The molecule has 92 valence electrons. The molecule has 1 aromatic carbocycles. The van der Waals surface area contributed by atoms with Gasteiger partial charge in [-0.25, -0.2) is 4.98 Å². The zero-order chi connectivity index (χ0) is 12.5. The molecular formula is C12H8BrClN2S2. The van der Waals surface area contributed by atoms with Crippen molar-refractivity contribution in [3.8, 4) is 0 Å². The van der Waals surface area contributed by atoms with E-state index in [9.17, 15) is 0 Å². The molecule has 0 unspecified atom stereocenters. The van der Waals surface area contributed by atoms with Crippen LogP contribution in [0.25, 0.3) is 10.2 Å². The van der Waals surface area contributed by atoms with Gasteiger partial charge in [0.1, 0.15) is 0 Å². The highest BCUT2D eigenvalue weighted by atomic mass is 79.9. The Morgan fingerprint density at radius 2 is 2.11 bits per heavy atom. The first kappa shape index (κ1) is 12.4. The second kappa shape index (κ2) is 5.17. The molecule has 0 saturated carbocycles. The second-order valence-electron chi connectivity index (χ2n) is 3.69. The molecule has 0 spiro atoms. The summed E-state index contributed by atoms with van der Waals surface area (Å²) in [6.07, 6.45) is 0. The third-order valence-corrected chi connectivity index (χ3v) is 5.11.